The number of halogens is 1. The lowest BCUT2D eigenvalue weighted by Gasteiger charge is -2.26. The van der Waals surface area contributed by atoms with Gasteiger partial charge in [0.1, 0.15) is 0 Å². The Morgan fingerprint density at radius 1 is 1.33 bits per heavy atom. The third kappa shape index (κ3) is 3.37. The molecule has 1 unspecified atom stereocenters. The minimum atomic E-state index is -0.479. The maximum Gasteiger partial charge on any atom is 0.241 e. The summed E-state index contributed by atoms with van der Waals surface area (Å²) in [7, 11) is 0. The van der Waals surface area contributed by atoms with Crippen molar-refractivity contribution in [1.82, 2.24) is 4.98 Å². The summed E-state index contributed by atoms with van der Waals surface area (Å²) in [6.07, 6.45) is 3.56. The van der Waals surface area contributed by atoms with E-state index in [1.54, 1.807) is 0 Å². The Labute approximate surface area is 129 Å². The van der Waals surface area contributed by atoms with Crippen molar-refractivity contribution in [2.24, 2.45) is 11.7 Å². The zero-order valence-corrected chi connectivity index (χ0v) is 12.5. The molecule has 0 radical (unpaired) electrons. The van der Waals surface area contributed by atoms with E-state index >= 15 is 0 Å². The zero-order valence-electron chi connectivity index (χ0n) is 11.7. The van der Waals surface area contributed by atoms with Gasteiger partial charge in [0.15, 0.2) is 0 Å². The first-order valence-electron chi connectivity index (χ1n) is 6.96. The van der Waals surface area contributed by atoms with E-state index in [-0.39, 0.29) is 24.2 Å². The molecule has 2 aromatic rings. The number of anilines is 1. The second-order valence-corrected chi connectivity index (χ2v) is 5.21. The molecule has 1 fully saturated rings. The Morgan fingerprint density at radius 3 is 2.86 bits per heavy atom. The Balaban J connectivity index is 0.00000161. The van der Waals surface area contributed by atoms with Crippen LogP contribution in [0.1, 0.15) is 12.8 Å². The van der Waals surface area contributed by atoms with E-state index in [1.165, 1.54) is 0 Å². The van der Waals surface area contributed by atoms with Gasteiger partial charge < -0.3 is 20.8 Å². The largest absolute Gasteiger partial charge is 0.381 e. The SMILES string of the molecule is Cl.NC(C(=O)Nc1cccc2[nH]ccc12)C1CCOCC1. The number of nitrogens with two attached hydrogens (primary N) is 1. The number of aromatic amines is 1. The highest BCUT2D eigenvalue weighted by Crippen LogP contribution is 2.23. The number of benzene rings is 1. The number of aromatic nitrogens is 1. The number of nitrogens with one attached hydrogen (secondary N) is 2. The van der Waals surface area contributed by atoms with Gasteiger partial charge in [0.25, 0.3) is 0 Å². The van der Waals surface area contributed by atoms with Crippen molar-refractivity contribution >= 4 is 34.9 Å². The Kier molecular flexibility index (Phi) is 5.22. The quantitative estimate of drug-likeness (QED) is 0.813. The van der Waals surface area contributed by atoms with Crippen LogP contribution < -0.4 is 11.1 Å². The van der Waals surface area contributed by atoms with E-state index in [0.717, 1.165) is 29.4 Å². The fourth-order valence-corrected chi connectivity index (χ4v) is 2.70. The average molecular weight is 310 g/mol. The summed E-state index contributed by atoms with van der Waals surface area (Å²) in [4.78, 5) is 15.4. The van der Waals surface area contributed by atoms with Crippen LogP contribution in [0, 0.1) is 5.92 Å². The second kappa shape index (κ2) is 6.93. The van der Waals surface area contributed by atoms with E-state index in [1.807, 2.05) is 30.5 Å². The molecule has 3 rings (SSSR count). The van der Waals surface area contributed by atoms with Crippen LogP contribution in [0.4, 0.5) is 5.69 Å². The van der Waals surface area contributed by atoms with Crippen LogP contribution >= 0.6 is 12.4 Å². The molecule has 4 N–H and O–H groups in total. The van der Waals surface area contributed by atoms with Crippen molar-refractivity contribution < 1.29 is 9.53 Å². The minimum Gasteiger partial charge on any atom is -0.381 e. The van der Waals surface area contributed by atoms with Gasteiger partial charge >= 0.3 is 0 Å². The van der Waals surface area contributed by atoms with Gasteiger partial charge in [-0.25, -0.2) is 0 Å². The third-order valence-corrected chi connectivity index (χ3v) is 3.93. The minimum absolute atomic E-state index is 0. The van der Waals surface area contributed by atoms with Gasteiger partial charge in [0.05, 0.1) is 11.7 Å². The molecule has 6 heteroatoms. The maximum atomic E-state index is 12.3. The highest BCUT2D eigenvalue weighted by molar-refractivity contribution is 6.03. The molecule has 1 aromatic heterocycles. The van der Waals surface area contributed by atoms with Gasteiger partial charge in [-0.1, -0.05) is 6.07 Å². The molecule has 0 bridgehead atoms. The van der Waals surface area contributed by atoms with Crippen molar-refractivity contribution in [2.75, 3.05) is 18.5 Å². The smallest absolute Gasteiger partial charge is 0.241 e. The lowest BCUT2D eigenvalue weighted by molar-refractivity contribution is -0.119. The van der Waals surface area contributed by atoms with Crippen molar-refractivity contribution in [2.45, 2.75) is 18.9 Å². The third-order valence-electron chi connectivity index (χ3n) is 3.93. The summed E-state index contributed by atoms with van der Waals surface area (Å²) >= 11 is 0. The van der Waals surface area contributed by atoms with Gasteiger partial charge in [-0.3, -0.25) is 4.79 Å². The van der Waals surface area contributed by atoms with Gasteiger partial charge in [0.2, 0.25) is 5.91 Å². The molecule has 5 nitrogen and oxygen atoms in total. The summed E-state index contributed by atoms with van der Waals surface area (Å²) in [6.45, 7) is 1.39. The number of amides is 1. The van der Waals surface area contributed by atoms with Crippen LogP contribution in [0.2, 0.25) is 0 Å². The molecule has 21 heavy (non-hydrogen) atoms. The second-order valence-electron chi connectivity index (χ2n) is 5.21. The first kappa shape index (κ1) is 15.8. The first-order valence-corrected chi connectivity index (χ1v) is 6.96. The number of fused-ring (bicyclic) bond motifs is 1. The fraction of sp³-hybridized carbons (Fsp3) is 0.400. The Bertz CT molecular complexity index is 608. The molecular weight excluding hydrogens is 290 g/mol. The lowest BCUT2D eigenvalue weighted by Crippen LogP contribution is -2.44. The zero-order chi connectivity index (χ0) is 13.9. The van der Waals surface area contributed by atoms with Crippen LogP contribution in [0.25, 0.3) is 10.9 Å². The molecule has 1 amide bonds. The van der Waals surface area contributed by atoms with Gasteiger partial charge in [-0.2, -0.15) is 0 Å². The average Bonchev–Trinajstić information content (AvgIpc) is 2.97. The summed E-state index contributed by atoms with van der Waals surface area (Å²) in [5.41, 5.74) is 7.89. The van der Waals surface area contributed by atoms with E-state index in [9.17, 15) is 4.79 Å². The number of carbonyl (C=O) groups is 1. The molecule has 0 aliphatic carbocycles. The number of rotatable bonds is 3. The summed E-state index contributed by atoms with van der Waals surface area (Å²) in [5, 5.41) is 3.94. The van der Waals surface area contributed by atoms with Gasteiger partial charge in [-0.15, -0.1) is 12.4 Å². The highest BCUT2D eigenvalue weighted by atomic mass is 35.5. The molecule has 114 valence electrons. The molecule has 1 aromatic carbocycles. The standard InChI is InChI=1S/C15H19N3O2.ClH/c16-14(10-5-8-20-9-6-10)15(19)18-13-3-1-2-12-11(13)4-7-17-12;/h1-4,7,10,14,17H,5-6,8-9,16H2,(H,18,19);1H. The predicted octanol–water partition coefficient (Wildman–Crippen LogP) is 2.28. The molecule has 1 aliphatic heterocycles. The molecule has 1 aliphatic rings. The molecule has 1 atom stereocenters. The van der Waals surface area contributed by atoms with Crippen LogP contribution in [0.5, 0.6) is 0 Å². The molecular formula is C15H20ClN3O2. The van der Waals surface area contributed by atoms with Gasteiger partial charge in [-0.05, 0) is 37.0 Å². The van der Waals surface area contributed by atoms with E-state index in [4.69, 9.17) is 10.5 Å². The number of hydrogen-bond donors (Lipinski definition) is 3. The predicted molar refractivity (Wildman–Crippen MR) is 85.7 cm³/mol. The van der Waals surface area contributed by atoms with Crippen LogP contribution in [-0.4, -0.2) is 30.1 Å². The maximum absolute atomic E-state index is 12.3. The van der Waals surface area contributed by atoms with Crippen LogP contribution in [-0.2, 0) is 9.53 Å². The monoisotopic (exact) mass is 309 g/mol. The molecule has 0 saturated carbocycles. The molecule has 0 spiro atoms. The Morgan fingerprint density at radius 2 is 2.10 bits per heavy atom. The van der Waals surface area contributed by atoms with Crippen LogP contribution in [0.3, 0.4) is 0 Å². The van der Waals surface area contributed by atoms with Crippen LogP contribution in [0.15, 0.2) is 30.5 Å². The van der Waals surface area contributed by atoms with E-state index in [2.05, 4.69) is 10.3 Å². The highest BCUT2D eigenvalue weighted by Gasteiger charge is 2.26. The number of carbonyl (C=O) groups excluding carboxylic acids is 1. The van der Waals surface area contributed by atoms with E-state index < -0.39 is 6.04 Å². The topological polar surface area (TPSA) is 80.1 Å². The number of hydrogen-bond acceptors (Lipinski definition) is 3. The van der Waals surface area contributed by atoms with Crippen molar-refractivity contribution in [3.63, 3.8) is 0 Å². The van der Waals surface area contributed by atoms with Crippen molar-refractivity contribution in [3.8, 4) is 0 Å². The van der Waals surface area contributed by atoms with Crippen molar-refractivity contribution in [1.29, 1.82) is 0 Å². The Hall–Kier alpha value is -1.56. The summed E-state index contributed by atoms with van der Waals surface area (Å²) in [5.74, 6) is 0.0831. The molecule has 2 heterocycles. The number of H-pyrrole nitrogens is 1. The van der Waals surface area contributed by atoms with E-state index in [0.29, 0.717) is 13.2 Å². The normalized spacial score (nSPS) is 17.2. The number of ether oxygens (including phenoxy) is 1. The van der Waals surface area contributed by atoms with Gasteiger partial charge in [0, 0.05) is 30.3 Å². The molecule has 1 saturated heterocycles. The van der Waals surface area contributed by atoms with Crippen molar-refractivity contribution in [3.05, 3.63) is 30.5 Å². The lowest BCUT2D eigenvalue weighted by atomic mass is 9.92. The first-order chi connectivity index (χ1) is 9.75. The summed E-state index contributed by atoms with van der Waals surface area (Å²) in [6, 6.07) is 7.25. The fourth-order valence-electron chi connectivity index (χ4n) is 2.70. The summed E-state index contributed by atoms with van der Waals surface area (Å²) < 4.78 is 5.30.